The van der Waals surface area contributed by atoms with Crippen molar-refractivity contribution >= 4 is 34.6 Å². The lowest BCUT2D eigenvalue weighted by Gasteiger charge is -2.34. The molecule has 96 valence electrons. The molecule has 0 amide bonds. The number of anilines is 2. The first kappa shape index (κ1) is 13.1. The molecule has 1 aromatic carbocycles. The van der Waals surface area contributed by atoms with Gasteiger partial charge in [0.25, 0.3) is 0 Å². The molecule has 0 saturated carbocycles. The first-order valence-corrected chi connectivity index (χ1v) is 6.11. The van der Waals surface area contributed by atoms with Crippen LogP contribution in [0.25, 0.3) is 0 Å². The highest BCUT2D eigenvalue weighted by Crippen LogP contribution is 2.41. The third-order valence-corrected chi connectivity index (χ3v) is 3.88. The summed E-state index contributed by atoms with van der Waals surface area (Å²) < 4.78 is 0. The molecule has 2 rings (SSSR count). The number of hydrogen-bond donors (Lipinski definition) is 4. The predicted octanol–water partition coefficient (Wildman–Crippen LogP) is 1.68. The molecule has 0 bridgehead atoms. The first-order valence-electron chi connectivity index (χ1n) is 5.29. The van der Waals surface area contributed by atoms with Crippen LogP contribution >= 0.6 is 23.2 Å². The molecule has 0 fully saturated rings. The fourth-order valence-electron chi connectivity index (χ4n) is 1.96. The van der Waals surface area contributed by atoms with E-state index in [9.17, 15) is 0 Å². The van der Waals surface area contributed by atoms with Crippen molar-refractivity contribution in [2.45, 2.75) is 10.9 Å². The van der Waals surface area contributed by atoms with Crippen LogP contribution in [-0.4, -0.2) is 5.38 Å². The number of rotatable bonds is 1. The van der Waals surface area contributed by atoms with Crippen LogP contribution in [0.3, 0.4) is 0 Å². The standard InChI is InChI=1S/C12H14Cl2N4/c13-9-5-6(15)3-4-12(9,18)10-7(16)1-2-8(17)11(10)14/h1-5,9H,15-18H2. The van der Waals surface area contributed by atoms with E-state index in [1.807, 2.05) is 0 Å². The van der Waals surface area contributed by atoms with E-state index in [0.717, 1.165) is 0 Å². The zero-order chi connectivity index (χ0) is 13.5. The maximum absolute atomic E-state index is 6.32. The number of allylic oxidation sites excluding steroid dienone is 1. The molecular weight excluding hydrogens is 271 g/mol. The molecule has 0 aromatic heterocycles. The second-order valence-corrected chi connectivity index (χ2v) is 5.12. The van der Waals surface area contributed by atoms with Crippen molar-refractivity contribution in [3.8, 4) is 0 Å². The molecule has 1 aliphatic carbocycles. The summed E-state index contributed by atoms with van der Waals surface area (Å²) in [5.41, 5.74) is 24.6. The summed E-state index contributed by atoms with van der Waals surface area (Å²) in [6.45, 7) is 0. The van der Waals surface area contributed by atoms with Crippen LogP contribution in [-0.2, 0) is 5.54 Å². The fraction of sp³-hybridized carbons (Fsp3) is 0.167. The van der Waals surface area contributed by atoms with Gasteiger partial charge in [-0.15, -0.1) is 11.6 Å². The Kier molecular flexibility index (Phi) is 3.19. The third kappa shape index (κ3) is 1.92. The summed E-state index contributed by atoms with van der Waals surface area (Å²) >= 11 is 12.5. The Bertz CT molecular complexity index is 553. The van der Waals surface area contributed by atoms with Gasteiger partial charge in [0, 0.05) is 16.9 Å². The van der Waals surface area contributed by atoms with Crippen LogP contribution in [0, 0.1) is 0 Å². The lowest BCUT2D eigenvalue weighted by molar-refractivity contribution is 0.572. The zero-order valence-electron chi connectivity index (χ0n) is 9.53. The van der Waals surface area contributed by atoms with E-state index in [1.165, 1.54) is 0 Å². The van der Waals surface area contributed by atoms with E-state index in [-0.39, 0.29) is 0 Å². The summed E-state index contributed by atoms with van der Waals surface area (Å²) in [6.07, 6.45) is 5.02. The highest BCUT2D eigenvalue weighted by atomic mass is 35.5. The van der Waals surface area contributed by atoms with E-state index in [2.05, 4.69) is 0 Å². The number of hydrogen-bond acceptors (Lipinski definition) is 4. The summed E-state index contributed by atoms with van der Waals surface area (Å²) in [5.74, 6) is 0. The zero-order valence-corrected chi connectivity index (χ0v) is 11.0. The molecule has 1 aromatic rings. The lowest BCUT2D eigenvalue weighted by Crippen LogP contribution is -2.45. The Hall–Kier alpha value is -1.36. The molecule has 0 aliphatic heterocycles. The van der Waals surface area contributed by atoms with Crippen molar-refractivity contribution in [2.75, 3.05) is 11.5 Å². The molecule has 1 aliphatic rings. The molecule has 0 heterocycles. The van der Waals surface area contributed by atoms with E-state index >= 15 is 0 Å². The van der Waals surface area contributed by atoms with Crippen molar-refractivity contribution in [3.05, 3.63) is 46.6 Å². The van der Waals surface area contributed by atoms with Crippen LogP contribution in [0.4, 0.5) is 11.4 Å². The second-order valence-electron chi connectivity index (χ2n) is 4.27. The maximum Gasteiger partial charge on any atom is 0.0837 e. The lowest BCUT2D eigenvalue weighted by atomic mass is 9.82. The van der Waals surface area contributed by atoms with Crippen LogP contribution in [0.1, 0.15) is 5.56 Å². The number of halogens is 2. The Morgan fingerprint density at radius 2 is 1.72 bits per heavy atom. The summed E-state index contributed by atoms with van der Waals surface area (Å²) in [6, 6.07) is 3.29. The third-order valence-electron chi connectivity index (χ3n) is 2.98. The number of benzene rings is 1. The number of alkyl halides is 1. The van der Waals surface area contributed by atoms with Crippen molar-refractivity contribution in [2.24, 2.45) is 11.5 Å². The Labute approximate surface area is 115 Å². The predicted molar refractivity (Wildman–Crippen MR) is 77.2 cm³/mol. The van der Waals surface area contributed by atoms with Crippen molar-refractivity contribution in [1.29, 1.82) is 0 Å². The van der Waals surface area contributed by atoms with Crippen molar-refractivity contribution < 1.29 is 0 Å². The van der Waals surface area contributed by atoms with E-state index in [4.69, 9.17) is 46.1 Å². The van der Waals surface area contributed by atoms with Crippen LogP contribution < -0.4 is 22.9 Å². The van der Waals surface area contributed by atoms with E-state index in [1.54, 1.807) is 30.4 Å². The minimum Gasteiger partial charge on any atom is -0.399 e. The molecule has 6 heteroatoms. The normalized spacial score (nSPS) is 27.1. The van der Waals surface area contributed by atoms with Gasteiger partial charge in [0.2, 0.25) is 0 Å². The largest absolute Gasteiger partial charge is 0.399 e. The van der Waals surface area contributed by atoms with Crippen molar-refractivity contribution in [1.82, 2.24) is 0 Å². The van der Waals surface area contributed by atoms with E-state index in [0.29, 0.717) is 27.7 Å². The first-order chi connectivity index (χ1) is 8.36. The van der Waals surface area contributed by atoms with Gasteiger partial charge in [-0.1, -0.05) is 17.7 Å². The molecule has 4 nitrogen and oxygen atoms in total. The SMILES string of the molecule is NC1=CC(Cl)C(N)(c2c(N)ccc(N)c2Cl)C=C1. The summed E-state index contributed by atoms with van der Waals surface area (Å²) in [5, 5.41) is -0.231. The quantitative estimate of drug-likeness (QED) is 0.465. The molecule has 0 spiro atoms. The van der Waals surface area contributed by atoms with Crippen LogP contribution in [0.5, 0.6) is 0 Å². The van der Waals surface area contributed by atoms with Gasteiger partial charge in [0.1, 0.15) is 0 Å². The highest BCUT2D eigenvalue weighted by molar-refractivity contribution is 6.34. The average molecular weight is 285 g/mol. The minimum absolute atomic E-state index is 0.321. The van der Waals surface area contributed by atoms with Gasteiger partial charge < -0.3 is 22.9 Å². The number of nitrogens with two attached hydrogens (primary N) is 4. The Balaban J connectivity index is 2.63. The Morgan fingerprint density at radius 3 is 2.33 bits per heavy atom. The van der Waals surface area contributed by atoms with Crippen molar-refractivity contribution in [3.63, 3.8) is 0 Å². The summed E-state index contributed by atoms with van der Waals surface area (Å²) in [7, 11) is 0. The smallest absolute Gasteiger partial charge is 0.0837 e. The average Bonchev–Trinajstić information content (AvgIpc) is 2.30. The van der Waals surface area contributed by atoms with Gasteiger partial charge in [0.15, 0.2) is 0 Å². The molecule has 0 saturated heterocycles. The molecule has 18 heavy (non-hydrogen) atoms. The monoisotopic (exact) mass is 284 g/mol. The highest BCUT2D eigenvalue weighted by Gasteiger charge is 2.37. The van der Waals surface area contributed by atoms with Gasteiger partial charge in [0.05, 0.1) is 21.6 Å². The van der Waals surface area contributed by atoms with Crippen LogP contribution in [0.2, 0.25) is 5.02 Å². The molecule has 0 radical (unpaired) electrons. The van der Waals surface area contributed by atoms with E-state index < -0.39 is 10.9 Å². The second kappa shape index (κ2) is 4.39. The van der Waals surface area contributed by atoms with Gasteiger partial charge in [-0.2, -0.15) is 0 Å². The maximum atomic E-state index is 6.32. The molecular formula is C12H14Cl2N4. The molecule has 2 unspecified atom stereocenters. The van der Waals surface area contributed by atoms with Gasteiger partial charge >= 0.3 is 0 Å². The molecule has 8 N–H and O–H groups in total. The van der Waals surface area contributed by atoms with Crippen LogP contribution in [0.15, 0.2) is 36.1 Å². The number of nitrogen functional groups attached to an aromatic ring is 2. The minimum atomic E-state index is -1.03. The molecule has 2 atom stereocenters. The fourth-order valence-corrected chi connectivity index (χ4v) is 2.62. The topological polar surface area (TPSA) is 104 Å². The Morgan fingerprint density at radius 1 is 1.11 bits per heavy atom. The summed E-state index contributed by atoms with van der Waals surface area (Å²) in [4.78, 5) is 0. The van der Waals surface area contributed by atoms with Gasteiger partial charge in [-0.25, -0.2) is 0 Å². The van der Waals surface area contributed by atoms with Gasteiger partial charge in [-0.05, 0) is 24.3 Å². The van der Waals surface area contributed by atoms with Gasteiger partial charge in [-0.3, -0.25) is 0 Å².